The molecular formula is C44H52N8O6. The molecule has 6 atom stereocenters. The Morgan fingerprint density at radius 3 is 1.76 bits per heavy atom. The number of fused-ring (bicyclic) bond motifs is 2. The molecule has 0 radical (unpaired) electrons. The first-order valence-corrected chi connectivity index (χ1v) is 20.3. The summed E-state index contributed by atoms with van der Waals surface area (Å²) in [5.74, 6) is 1.78. The van der Waals surface area contributed by atoms with Crippen molar-refractivity contribution in [3.05, 3.63) is 72.3 Å². The normalized spacial score (nSPS) is 22.6. The third-order valence-electron chi connectivity index (χ3n) is 12.1. The Hall–Kier alpha value is -5.92. The van der Waals surface area contributed by atoms with Gasteiger partial charge < -0.3 is 34.6 Å². The van der Waals surface area contributed by atoms with Gasteiger partial charge in [-0.3, -0.25) is 14.5 Å². The van der Waals surface area contributed by atoms with Crippen molar-refractivity contribution in [1.29, 1.82) is 0 Å². The average molecular weight is 789 g/mol. The van der Waals surface area contributed by atoms with Crippen molar-refractivity contribution >= 4 is 46.1 Å². The molecule has 0 bridgehead atoms. The van der Waals surface area contributed by atoms with Gasteiger partial charge in [0, 0.05) is 19.6 Å². The molecule has 5 heterocycles. The molecule has 3 aliphatic heterocycles. The highest BCUT2D eigenvalue weighted by Crippen LogP contribution is 2.39. The second kappa shape index (κ2) is 15.8. The number of ether oxygens (including phenoxy) is 2. The zero-order chi connectivity index (χ0) is 40.8. The van der Waals surface area contributed by atoms with E-state index < -0.39 is 24.3 Å². The molecule has 0 spiro atoms. The standard InChI is InChI=1S/C44H52N8O6/c1-24(2)38(49-43(55)57-5)42(54)52-23-26(4)19-37(52)40-46-32-16-14-30(21-34(32)48-40)28-11-9-27(10-12-28)29-13-15-31-33(20-29)47-39(45-31)36-18-25(3)22-51(36)41(53)35-8-7-17-50(35)44(56)58-6/h9-16,20-21,24-26,35-38H,7-8,17-19,22-23H2,1-6H3,(H,45,47)(H,46,48)(H,49,55)/t25-,26-,35-,36-,37-,38-/m0/s1. The van der Waals surface area contributed by atoms with Gasteiger partial charge in [-0.1, -0.05) is 64.1 Å². The van der Waals surface area contributed by atoms with Crippen LogP contribution in [0.15, 0.2) is 60.7 Å². The lowest BCUT2D eigenvalue weighted by atomic mass is 10.00. The molecule has 3 fully saturated rings. The number of aromatic amines is 2. The van der Waals surface area contributed by atoms with Gasteiger partial charge in [-0.2, -0.15) is 0 Å². The minimum Gasteiger partial charge on any atom is -0.453 e. The van der Waals surface area contributed by atoms with E-state index in [1.54, 1.807) is 4.90 Å². The number of imidazole rings is 2. The van der Waals surface area contributed by atoms with Crippen molar-refractivity contribution in [3.63, 3.8) is 0 Å². The molecule has 3 aliphatic rings. The van der Waals surface area contributed by atoms with E-state index in [-0.39, 0.29) is 35.7 Å². The topological polar surface area (TPSA) is 166 Å². The Bertz CT molecular complexity index is 2220. The number of methoxy groups -OCH3 is 2. The molecular weight excluding hydrogens is 737 g/mol. The fourth-order valence-corrected chi connectivity index (χ4v) is 9.11. The van der Waals surface area contributed by atoms with Crippen LogP contribution in [0.2, 0.25) is 0 Å². The number of nitrogens with one attached hydrogen (secondary N) is 3. The molecule has 304 valence electrons. The molecule has 3 saturated heterocycles. The highest BCUT2D eigenvalue weighted by atomic mass is 16.5. The maximum Gasteiger partial charge on any atom is 0.410 e. The van der Waals surface area contributed by atoms with Gasteiger partial charge in [0.05, 0.1) is 48.4 Å². The predicted molar refractivity (Wildman–Crippen MR) is 219 cm³/mol. The second-order valence-electron chi connectivity index (χ2n) is 16.7. The van der Waals surface area contributed by atoms with E-state index in [4.69, 9.17) is 19.4 Å². The van der Waals surface area contributed by atoms with E-state index in [1.165, 1.54) is 14.2 Å². The Morgan fingerprint density at radius 1 is 0.724 bits per heavy atom. The molecule has 4 amide bonds. The van der Waals surface area contributed by atoms with E-state index in [0.29, 0.717) is 32.0 Å². The van der Waals surface area contributed by atoms with Crippen molar-refractivity contribution in [2.75, 3.05) is 33.9 Å². The van der Waals surface area contributed by atoms with Gasteiger partial charge in [0.1, 0.15) is 23.7 Å². The molecule has 2 aromatic heterocycles. The third-order valence-corrected chi connectivity index (χ3v) is 12.1. The lowest BCUT2D eigenvalue weighted by molar-refractivity contribution is -0.137. The van der Waals surface area contributed by atoms with E-state index in [9.17, 15) is 19.2 Å². The van der Waals surface area contributed by atoms with Crippen LogP contribution in [0, 0.1) is 17.8 Å². The summed E-state index contributed by atoms with van der Waals surface area (Å²) in [6.07, 6.45) is 1.89. The summed E-state index contributed by atoms with van der Waals surface area (Å²) in [4.78, 5) is 74.3. The first-order chi connectivity index (χ1) is 27.9. The van der Waals surface area contributed by atoms with E-state index in [2.05, 4.69) is 77.7 Å². The SMILES string of the molecule is COC(=O)N[C@H](C(=O)N1C[C@@H](C)C[C@H]1c1nc2cc(-c3ccc(-c4ccc5[nH]c([C@@H]6C[C@H](C)CN6C(=O)[C@@H]6CCCN6C(=O)OC)nc5c4)cc3)ccc2[nH]1)C(C)C. The predicted octanol–water partition coefficient (Wildman–Crippen LogP) is 7.20. The highest BCUT2D eigenvalue weighted by molar-refractivity contribution is 5.89. The fraction of sp³-hybridized carbons (Fsp3) is 0.455. The largest absolute Gasteiger partial charge is 0.453 e. The number of hydrogen-bond acceptors (Lipinski definition) is 8. The van der Waals surface area contributed by atoms with Crippen molar-refractivity contribution in [2.45, 2.75) is 77.5 Å². The number of aromatic nitrogens is 4. The first kappa shape index (κ1) is 38.9. The molecule has 0 aliphatic carbocycles. The first-order valence-electron chi connectivity index (χ1n) is 20.3. The summed E-state index contributed by atoms with van der Waals surface area (Å²) in [6.45, 7) is 9.81. The summed E-state index contributed by atoms with van der Waals surface area (Å²) >= 11 is 0. The average Bonchev–Trinajstić information content (AvgIpc) is 4.07. The number of alkyl carbamates (subject to hydrolysis) is 1. The molecule has 0 unspecified atom stereocenters. The number of rotatable bonds is 8. The van der Waals surface area contributed by atoms with Crippen LogP contribution in [-0.2, 0) is 19.1 Å². The minimum atomic E-state index is -0.702. The van der Waals surface area contributed by atoms with E-state index >= 15 is 0 Å². The lowest BCUT2D eigenvalue weighted by Crippen LogP contribution is -2.51. The fourth-order valence-electron chi connectivity index (χ4n) is 9.11. The molecule has 3 N–H and O–H groups in total. The summed E-state index contributed by atoms with van der Waals surface area (Å²) < 4.78 is 9.76. The van der Waals surface area contributed by atoms with Crippen molar-refractivity contribution < 1.29 is 28.7 Å². The number of hydrogen-bond donors (Lipinski definition) is 3. The van der Waals surface area contributed by atoms with Gasteiger partial charge in [0.2, 0.25) is 11.8 Å². The third kappa shape index (κ3) is 7.35. The van der Waals surface area contributed by atoms with E-state index in [0.717, 1.165) is 75.2 Å². The van der Waals surface area contributed by atoms with Crippen LogP contribution in [0.3, 0.4) is 0 Å². The van der Waals surface area contributed by atoms with Crippen LogP contribution in [0.4, 0.5) is 9.59 Å². The minimum absolute atomic E-state index is 0.0430. The van der Waals surface area contributed by atoms with Crippen molar-refractivity contribution in [1.82, 2.24) is 40.0 Å². The van der Waals surface area contributed by atoms with Crippen molar-refractivity contribution in [2.24, 2.45) is 17.8 Å². The number of likely N-dealkylation sites (tertiary alicyclic amines) is 3. The van der Waals surface area contributed by atoms with Crippen LogP contribution in [-0.4, -0.2) is 105 Å². The summed E-state index contributed by atoms with van der Waals surface area (Å²) in [5, 5.41) is 2.72. The lowest BCUT2D eigenvalue weighted by Gasteiger charge is -2.30. The number of carbonyl (C=O) groups is 4. The maximum atomic E-state index is 13.8. The number of amides is 4. The Balaban J connectivity index is 0.987. The van der Waals surface area contributed by atoms with E-state index in [1.807, 2.05) is 35.8 Å². The maximum absolute atomic E-state index is 13.8. The van der Waals surface area contributed by atoms with Gasteiger partial charge in [0.15, 0.2) is 0 Å². The summed E-state index contributed by atoms with van der Waals surface area (Å²) in [7, 11) is 2.65. The van der Waals surface area contributed by atoms with Gasteiger partial charge in [0.25, 0.3) is 0 Å². The Kier molecular flexibility index (Phi) is 10.6. The molecule has 5 aromatic rings. The smallest absolute Gasteiger partial charge is 0.410 e. The van der Waals surface area contributed by atoms with Crippen LogP contribution in [0.5, 0.6) is 0 Å². The number of nitrogens with zero attached hydrogens (tertiary/aromatic N) is 5. The zero-order valence-corrected chi connectivity index (χ0v) is 34.0. The zero-order valence-electron chi connectivity index (χ0n) is 34.0. The quantitative estimate of drug-likeness (QED) is 0.149. The molecule has 14 heteroatoms. The van der Waals surface area contributed by atoms with Crippen molar-refractivity contribution in [3.8, 4) is 22.3 Å². The Labute approximate surface area is 337 Å². The number of benzene rings is 3. The number of carbonyl (C=O) groups excluding carboxylic acids is 4. The van der Waals surface area contributed by atoms with Gasteiger partial charge >= 0.3 is 12.2 Å². The molecule has 8 rings (SSSR count). The van der Waals surface area contributed by atoms with Gasteiger partial charge in [-0.05, 0) is 90.0 Å². The highest BCUT2D eigenvalue weighted by Gasteiger charge is 2.44. The molecule has 3 aromatic carbocycles. The summed E-state index contributed by atoms with van der Waals surface area (Å²) in [5.41, 5.74) is 7.60. The summed E-state index contributed by atoms with van der Waals surface area (Å²) in [6, 6.07) is 19.1. The monoisotopic (exact) mass is 788 g/mol. The van der Waals surface area contributed by atoms with Crippen LogP contribution < -0.4 is 5.32 Å². The Morgan fingerprint density at radius 2 is 1.24 bits per heavy atom. The van der Waals surface area contributed by atoms with Crippen LogP contribution in [0.1, 0.15) is 77.1 Å². The second-order valence-corrected chi connectivity index (χ2v) is 16.7. The molecule has 14 nitrogen and oxygen atoms in total. The number of H-pyrrole nitrogens is 2. The van der Waals surface area contributed by atoms with Gasteiger partial charge in [-0.25, -0.2) is 19.6 Å². The van der Waals surface area contributed by atoms with Gasteiger partial charge in [-0.15, -0.1) is 0 Å². The van der Waals surface area contributed by atoms with Crippen LogP contribution in [0.25, 0.3) is 44.3 Å². The molecule has 0 saturated carbocycles. The molecule has 58 heavy (non-hydrogen) atoms. The van der Waals surface area contributed by atoms with Crippen LogP contribution >= 0.6 is 0 Å².